The third-order valence-corrected chi connectivity index (χ3v) is 2.19. The van der Waals surface area contributed by atoms with E-state index >= 15 is 0 Å². The van der Waals surface area contributed by atoms with Crippen molar-refractivity contribution in [1.29, 1.82) is 0 Å². The Bertz CT molecular complexity index is 363. The van der Waals surface area contributed by atoms with E-state index in [1.54, 1.807) is 12.3 Å². The summed E-state index contributed by atoms with van der Waals surface area (Å²) in [4.78, 5) is 15.6. The van der Waals surface area contributed by atoms with Crippen LogP contribution in [-0.2, 0) is 4.79 Å². The second-order valence-electron chi connectivity index (χ2n) is 4.37. The van der Waals surface area contributed by atoms with Gasteiger partial charge in [0.25, 0.3) is 0 Å². The van der Waals surface area contributed by atoms with Crippen molar-refractivity contribution in [3.05, 3.63) is 18.3 Å². The number of carbonyl (C=O) groups excluding carboxylic acids is 1. The molecule has 2 N–H and O–H groups in total. The molecule has 5 heteroatoms. The summed E-state index contributed by atoms with van der Waals surface area (Å²) in [6.07, 6.45) is 1.65. The third-order valence-electron chi connectivity index (χ3n) is 2.19. The molecule has 0 radical (unpaired) electrons. The van der Waals surface area contributed by atoms with E-state index < -0.39 is 0 Å². The zero-order chi connectivity index (χ0) is 13.4. The van der Waals surface area contributed by atoms with Gasteiger partial charge in [0.1, 0.15) is 0 Å². The van der Waals surface area contributed by atoms with Crippen LogP contribution in [-0.4, -0.2) is 30.6 Å². The number of carbonyl (C=O) groups is 1. The molecule has 0 aliphatic carbocycles. The number of rotatable bonds is 7. The smallest absolute Gasteiger partial charge is 0.239 e. The largest absolute Gasteiger partial charge is 0.478 e. The van der Waals surface area contributed by atoms with Crippen LogP contribution in [0, 0.1) is 5.92 Å². The average molecular weight is 251 g/mol. The van der Waals surface area contributed by atoms with Crippen molar-refractivity contribution in [2.45, 2.75) is 20.8 Å². The van der Waals surface area contributed by atoms with Crippen LogP contribution in [0.25, 0.3) is 0 Å². The Balaban J connectivity index is 2.32. The standard InChI is InChI=1S/C13H21N3O2/c1-4-18-13-6-5-11(8-16-13)14-9-12(17)15-7-10(2)3/h5-6,8,10,14H,4,7,9H2,1-3H3,(H,15,17). The van der Waals surface area contributed by atoms with E-state index in [1.165, 1.54) is 0 Å². The number of hydrogen-bond donors (Lipinski definition) is 2. The summed E-state index contributed by atoms with van der Waals surface area (Å²) < 4.78 is 5.23. The fourth-order valence-corrected chi connectivity index (χ4v) is 1.28. The molecule has 0 saturated heterocycles. The van der Waals surface area contributed by atoms with Crippen molar-refractivity contribution in [3.8, 4) is 5.88 Å². The molecule has 1 rings (SSSR count). The molecule has 0 bridgehead atoms. The SMILES string of the molecule is CCOc1ccc(NCC(=O)NCC(C)C)cn1. The van der Waals surface area contributed by atoms with Gasteiger partial charge in [-0.3, -0.25) is 4.79 Å². The van der Waals surface area contributed by atoms with Crippen LogP contribution in [0.15, 0.2) is 18.3 Å². The topological polar surface area (TPSA) is 63.2 Å². The second kappa shape index (κ2) is 7.53. The minimum atomic E-state index is -0.0161. The van der Waals surface area contributed by atoms with E-state index in [2.05, 4.69) is 29.5 Å². The van der Waals surface area contributed by atoms with Gasteiger partial charge in [-0.2, -0.15) is 0 Å². The first kappa shape index (κ1) is 14.3. The number of anilines is 1. The minimum absolute atomic E-state index is 0.0161. The Morgan fingerprint density at radius 1 is 1.44 bits per heavy atom. The molecule has 1 heterocycles. The van der Waals surface area contributed by atoms with Gasteiger partial charge in [-0.25, -0.2) is 4.98 Å². The zero-order valence-electron chi connectivity index (χ0n) is 11.2. The molecule has 1 aromatic rings. The molecule has 0 saturated carbocycles. The monoisotopic (exact) mass is 251 g/mol. The van der Waals surface area contributed by atoms with E-state index in [0.717, 1.165) is 5.69 Å². The van der Waals surface area contributed by atoms with Gasteiger partial charge in [0.2, 0.25) is 11.8 Å². The van der Waals surface area contributed by atoms with E-state index in [9.17, 15) is 4.79 Å². The van der Waals surface area contributed by atoms with Gasteiger partial charge in [0.15, 0.2) is 0 Å². The molecule has 0 aliphatic rings. The van der Waals surface area contributed by atoms with Crippen LogP contribution in [0.1, 0.15) is 20.8 Å². The summed E-state index contributed by atoms with van der Waals surface area (Å²) in [5.74, 6) is 1.03. The second-order valence-corrected chi connectivity index (χ2v) is 4.37. The lowest BCUT2D eigenvalue weighted by atomic mass is 10.2. The first-order valence-electron chi connectivity index (χ1n) is 6.21. The minimum Gasteiger partial charge on any atom is -0.478 e. The van der Waals surface area contributed by atoms with Crippen LogP contribution >= 0.6 is 0 Å². The summed E-state index contributed by atoms with van der Waals surface area (Å²) in [6, 6.07) is 3.62. The maximum absolute atomic E-state index is 11.5. The van der Waals surface area contributed by atoms with Gasteiger partial charge in [0, 0.05) is 12.6 Å². The highest BCUT2D eigenvalue weighted by atomic mass is 16.5. The van der Waals surface area contributed by atoms with Crippen LogP contribution in [0.3, 0.4) is 0 Å². The van der Waals surface area contributed by atoms with E-state index in [-0.39, 0.29) is 12.5 Å². The third kappa shape index (κ3) is 5.52. The summed E-state index contributed by atoms with van der Waals surface area (Å²) in [5, 5.41) is 5.84. The lowest BCUT2D eigenvalue weighted by molar-refractivity contribution is -0.119. The van der Waals surface area contributed by atoms with Gasteiger partial charge in [-0.1, -0.05) is 13.8 Å². The number of aromatic nitrogens is 1. The molecule has 0 aromatic carbocycles. The van der Waals surface area contributed by atoms with E-state index in [1.807, 2.05) is 13.0 Å². The number of amides is 1. The fraction of sp³-hybridized carbons (Fsp3) is 0.538. The maximum Gasteiger partial charge on any atom is 0.239 e. The summed E-state index contributed by atoms with van der Waals surface area (Å²) in [5.41, 5.74) is 0.804. The molecule has 1 amide bonds. The van der Waals surface area contributed by atoms with Gasteiger partial charge < -0.3 is 15.4 Å². The lowest BCUT2D eigenvalue weighted by Crippen LogP contribution is -2.32. The van der Waals surface area contributed by atoms with Gasteiger partial charge >= 0.3 is 0 Å². The molecule has 0 aliphatic heterocycles. The summed E-state index contributed by atoms with van der Waals surface area (Å²) in [6.45, 7) is 7.57. The molecule has 0 unspecified atom stereocenters. The quantitative estimate of drug-likeness (QED) is 0.773. The van der Waals surface area contributed by atoms with Gasteiger partial charge in [-0.15, -0.1) is 0 Å². The molecule has 0 atom stereocenters. The fourth-order valence-electron chi connectivity index (χ4n) is 1.28. The molecular formula is C13H21N3O2. The lowest BCUT2D eigenvalue weighted by Gasteiger charge is -2.09. The number of nitrogens with zero attached hydrogens (tertiary/aromatic N) is 1. The average Bonchev–Trinajstić information content (AvgIpc) is 2.36. The Kier molecular flexibility index (Phi) is 5.97. The molecule has 5 nitrogen and oxygen atoms in total. The van der Waals surface area contributed by atoms with Gasteiger partial charge in [-0.05, 0) is 18.9 Å². The predicted molar refractivity (Wildman–Crippen MR) is 71.7 cm³/mol. The Labute approximate surface area is 108 Å². The first-order chi connectivity index (χ1) is 8.61. The number of pyridine rings is 1. The molecular weight excluding hydrogens is 230 g/mol. The number of ether oxygens (including phenoxy) is 1. The van der Waals surface area contributed by atoms with Gasteiger partial charge in [0.05, 0.1) is 25.0 Å². The zero-order valence-corrected chi connectivity index (χ0v) is 11.2. The number of nitrogens with one attached hydrogen (secondary N) is 2. The van der Waals surface area contributed by atoms with E-state index in [0.29, 0.717) is 24.9 Å². The molecule has 0 fully saturated rings. The normalized spacial score (nSPS) is 10.2. The Hall–Kier alpha value is -1.78. The van der Waals surface area contributed by atoms with Crippen molar-refractivity contribution in [1.82, 2.24) is 10.3 Å². The van der Waals surface area contributed by atoms with Crippen LogP contribution < -0.4 is 15.4 Å². The maximum atomic E-state index is 11.5. The van der Waals surface area contributed by atoms with Crippen LogP contribution in [0.4, 0.5) is 5.69 Å². The van der Waals surface area contributed by atoms with Crippen molar-refractivity contribution >= 4 is 11.6 Å². The summed E-state index contributed by atoms with van der Waals surface area (Å²) >= 11 is 0. The predicted octanol–water partition coefficient (Wildman–Crippen LogP) is 1.66. The van der Waals surface area contributed by atoms with Crippen molar-refractivity contribution in [2.75, 3.05) is 25.0 Å². The molecule has 1 aromatic heterocycles. The highest BCUT2D eigenvalue weighted by molar-refractivity contribution is 5.80. The molecule has 18 heavy (non-hydrogen) atoms. The Morgan fingerprint density at radius 3 is 2.78 bits per heavy atom. The van der Waals surface area contributed by atoms with Crippen LogP contribution in [0.2, 0.25) is 0 Å². The highest BCUT2D eigenvalue weighted by Crippen LogP contribution is 2.10. The van der Waals surface area contributed by atoms with Crippen molar-refractivity contribution in [2.24, 2.45) is 5.92 Å². The summed E-state index contributed by atoms with van der Waals surface area (Å²) in [7, 11) is 0. The number of hydrogen-bond acceptors (Lipinski definition) is 4. The molecule has 100 valence electrons. The van der Waals surface area contributed by atoms with Crippen molar-refractivity contribution in [3.63, 3.8) is 0 Å². The van der Waals surface area contributed by atoms with E-state index in [4.69, 9.17) is 4.74 Å². The van der Waals surface area contributed by atoms with Crippen molar-refractivity contribution < 1.29 is 9.53 Å². The Morgan fingerprint density at radius 2 is 2.22 bits per heavy atom. The first-order valence-corrected chi connectivity index (χ1v) is 6.21. The molecule has 0 spiro atoms. The highest BCUT2D eigenvalue weighted by Gasteiger charge is 2.02. The van der Waals surface area contributed by atoms with Crippen LogP contribution in [0.5, 0.6) is 5.88 Å².